The van der Waals surface area contributed by atoms with Gasteiger partial charge in [-0.25, -0.2) is 9.37 Å². The molecule has 52 heavy (non-hydrogen) atoms. The zero-order valence-corrected chi connectivity index (χ0v) is 31.9. The van der Waals surface area contributed by atoms with Gasteiger partial charge in [-0.1, -0.05) is 6.42 Å². The van der Waals surface area contributed by atoms with E-state index in [9.17, 15) is 28.4 Å². The van der Waals surface area contributed by atoms with Crippen LogP contribution in [0.4, 0.5) is 9.88 Å². The first kappa shape index (κ1) is 35.8. The van der Waals surface area contributed by atoms with E-state index in [1.165, 1.54) is 40.4 Å². The molecule has 0 aromatic heterocycles. The number of hydrogen-bond donors (Lipinski definition) is 2. The van der Waals surface area contributed by atoms with Gasteiger partial charge in [-0.05, 0) is 102 Å². The first-order chi connectivity index (χ1) is 25.1. The molecule has 14 heteroatoms. The maximum atomic E-state index is 13.8. The minimum absolute atomic E-state index is 0.00543. The lowest BCUT2D eigenvalue weighted by atomic mass is 9.82. The lowest BCUT2D eigenvalue weighted by Crippen LogP contribution is -2.45. The maximum Gasteiger partial charge on any atom is 0.358 e. The Bertz CT molecular complexity index is 2170. The van der Waals surface area contributed by atoms with E-state index in [0.29, 0.717) is 30.4 Å². The highest BCUT2D eigenvalue weighted by Crippen LogP contribution is 2.50. The van der Waals surface area contributed by atoms with Crippen LogP contribution in [0.3, 0.4) is 0 Å². The zero-order valence-electron chi connectivity index (χ0n) is 29.0. The van der Waals surface area contributed by atoms with Crippen molar-refractivity contribution in [1.82, 2.24) is 4.58 Å². The minimum Gasteiger partial charge on any atom is -0.478 e. The summed E-state index contributed by atoms with van der Waals surface area (Å²) in [5, 5.41) is 12.7. The van der Waals surface area contributed by atoms with E-state index in [4.69, 9.17) is 9.26 Å². The van der Waals surface area contributed by atoms with Gasteiger partial charge < -0.3 is 28.7 Å². The van der Waals surface area contributed by atoms with Crippen molar-refractivity contribution in [2.24, 2.45) is 0 Å². The van der Waals surface area contributed by atoms with Gasteiger partial charge in [0.2, 0.25) is 5.36 Å². The van der Waals surface area contributed by atoms with Crippen LogP contribution in [0.25, 0.3) is 5.57 Å². The van der Waals surface area contributed by atoms with Crippen LogP contribution in [0.15, 0.2) is 30.3 Å². The van der Waals surface area contributed by atoms with Gasteiger partial charge in [0.15, 0.2) is 0 Å². The largest absolute Gasteiger partial charge is 0.478 e. The van der Waals surface area contributed by atoms with Crippen LogP contribution < -0.4 is 30.1 Å². The number of halogens is 1. The van der Waals surface area contributed by atoms with Gasteiger partial charge in [0.05, 0.1) is 23.0 Å². The first-order valence-electron chi connectivity index (χ1n) is 18.3. The minimum atomic E-state index is -4.39. The number of benzene rings is 3. The van der Waals surface area contributed by atoms with Crippen LogP contribution in [-0.4, -0.2) is 54.7 Å². The van der Waals surface area contributed by atoms with Gasteiger partial charge in [-0.3, -0.25) is 9.36 Å². The fourth-order valence-corrected chi connectivity index (χ4v) is 10.6. The topological polar surface area (TPSA) is 126 Å². The van der Waals surface area contributed by atoms with Crippen LogP contribution in [0.2, 0.25) is 0 Å². The van der Waals surface area contributed by atoms with Gasteiger partial charge in [0.25, 0.3) is 8.15 Å². The van der Waals surface area contributed by atoms with Crippen LogP contribution in [0.5, 0.6) is 11.5 Å². The maximum absolute atomic E-state index is 13.8. The van der Waals surface area contributed by atoms with Crippen LogP contribution in [0, 0.1) is 0 Å². The number of carbonyl (C=O) groups excluding carboxylic acids is 1. The van der Waals surface area contributed by atoms with E-state index in [-0.39, 0.29) is 23.9 Å². The van der Waals surface area contributed by atoms with Crippen LogP contribution in [0.1, 0.15) is 95.1 Å². The molecule has 3 aromatic rings. The summed E-state index contributed by atoms with van der Waals surface area (Å²) in [4.78, 5) is 38.3. The number of carbonyl (C=O) groups is 2. The third kappa shape index (κ3) is 6.62. The second kappa shape index (κ2) is 14.6. The predicted octanol–water partition coefficient (Wildman–Crippen LogP) is 5.82. The molecule has 3 aromatic carbocycles. The number of unbranched alkanes of at least 4 members (excludes halogenated alkanes) is 2. The number of rotatable bonds is 11. The SMILES string of the molecule is O=C(CCCCCOP(=O)(O)c1ccc(C(=O)O)c(C2=c3cc4c5c(c3Oc3c2cc2c6c3CCCN6CCC2)CCC[N+]=5CCC4)c1)OP(F)P. The third-order valence-electron chi connectivity index (χ3n) is 11.0. The molecule has 0 radical (unpaired) electrons. The normalized spacial score (nSPS) is 18.6. The van der Waals surface area contributed by atoms with Gasteiger partial charge >= 0.3 is 19.5 Å². The molecule has 3 unspecified atom stereocenters. The number of fused-ring (bicyclic) bond motifs is 4. The van der Waals surface area contributed by atoms with Gasteiger partial charge in [0, 0.05) is 65.5 Å². The molecule has 5 aliphatic rings. The molecule has 10 nitrogen and oxygen atoms in total. The molecule has 0 saturated carbocycles. The number of anilines is 1. The van der Waals surface area contributed by atoms with E-state index in [1.54, 1.807) is 0 Å². The second-order valence-electron chi connectivity index (χ2n) is 14.3. The Balaban J connectivity index is 1.25. The molecule has 0 saturated heterocycles. The summed E-state index contributed by atoms with van der Waals surface area (Å²) >= 11 is 0. The molecule has 0 fully saturated rings. The van der Waals surface area contributed by atoms with Crippen molar-refractivity contribution in [3.8, 4) is 11.5 Å². The Hall–Kier alpha value is -3.19. The Kier molecular flexibility index (Phi) is 10.0. The van der Waals surface area contributed by atoms with Gasteiger partial charge in [0.1, 0.15) is 24.6 Å². The Morgan fingerprint density at radius 3 is 2.48 bits per heavy atom. The van der Waals surface area contributed by atoms with E-state index < -0.39 is 27.7 Å². The third-order valence-corrected chi connectivity index (χ3v) is 13.2. The molecule has 0 spiro atoms. The van der Waals surface area contributed by atoms with Crippen molar-refractivity contribution in [1.29, 1.82) is 0 Å². The van der Waals surface area contributed by atoms with Crippen molar-refractivity contribution in [3.05, 3.63) is 79.9 Å². The number of nitrogens with zero attached hydrogens (tertiary/aromatic N) is 2. The van der Waals surface area contributed by atoms with E-state index in [2.05, 4.69) is 26.1 Å². The molecule has 0 bridgehead atoms. The summed E-state index contributed by atoms with van der Waals surface area (Å²) < 4.78 is 46.4. The standard InChI is InChI=1S/C38H42FN2O8P3/c39-51(50)49-32(42)12-2-1-3-19-47-52(45,46)25-13-14-26(38(43)44)29(22-25)33-30-20-23-8-4-15-40-17-6-10-27(34(23)40)36(30)48-37-28-11-7-18-41-16-5-9-24(35(28)41)21-31(33)37/h13-14,20-22H,1-12,15-19,50H2,(H-,43,44,45,46)/p+1. The van der Waals surface area contributed by atoms with Gasteiger partial charge in [-0.15, -0.1) is 0 Å². The lowest BCUT2D eigenvalue weighted by molar-refractivity contribution is -0.133. The molecular weight excluding hydrogens is 724 g/mol. The molecule has 0 aliphatic carbocycles. The van der Waals surface area contributed by atoms with Crippen molar-refractivity contribution < 1.29 is 42.1 Å². The molecular formula is C38H43FN2O8P3+. The molecule has 274 valence electrons. The highest BCUT2D eigenvalue weighted by atomic mass is 32.0. The highest BCUT2D eigenvalue weighted by Gasteiger charge is 2.37. The Morgan fingerprint density at radius 2 is 1.69 bits per heavy atom. The predicted molar refractivity (Wildman–Crippen MR) is 201 cm³/mol. The average Bonchev–Trinajstić information content (AvgIpc) is 3.12. The molecule has 2 N–H and O–H groups in total. The fourth-order valence-electron chi connectivity index (χ4n) is 8.86. The fraction of sp³-hybridized carbons (Fsp3) is 0.447. The summed E-state index contributed by atoms with van der Waals surface area (Å²) in [6, 6.07) is 8.66. The van der Waals surface area contributed by atoms with Crippen molar-refractivity contribution >= 4 is 53.2 Å². The van der Waals surface area contributed by atoms with Crippen LogP contribution in [-0.2, 0) is 44.1 Å². The summed E-state index contributed by atoms with van der Waals surface area (Å²) in [6.45, 7) is 3.96. The summed E-state index contributed by atoms with van der Waals surface area (Å²) in [7, 11) is -4.90. The smallest absolute Gasteiger partial charge is 0.358 e. The van der Waals surface area contributed by atoms with Crippen molar-refractivity contribution in [2.45, 2.75) is 77.0 Å². The molecule has 8 rings (SSSR count). The van der Waals surface area contributed by atoms with Crippen molar-refractivity contribution in [2.75, 3.05) is 37.7 Å². The van der Waals surface area contributed by atoms with E-state index in [1.807, 2.05) is 8.93 Å². The lowest BCUT2D eigenvalue weighted by Gasteiger charge is -2.39. The second-order valence-corrected chi connectivity index (χ2v) is 18.0. The van der Waals surface area contributed by atoms with Gasteiger partial charge in [-0.2, -0.15) is 4.20 Å². The quantitative estimate of drug-likeness (QED) is 0.110. The zero-order chi connectivity index (χ0) is 36.1. The highest BCUT2D eigenvalue weighted by molar-refractivity contribution is 8.08. The number of carboxylic acids is 1. The number of aryl methyl sites for hydroxylation is 2. The van der Waals surface area contributed by atoms with E-state index in [0.717, 1.165) is 111 Å². The number of carboxylic acid groups (broad SMARTS) is 1. The molecule has 5 heterocycles. The molecule has 5 aliphatic heterocycles. The Labute approximate surface area is 305 Å². The molecule has 3 atom stereocenters. The van der Waals surface area contributed by atoms with Crippen LogP contribution >= 0.6 is 24.7 Å². The summed E-state index contributed by atoms with van der Waals surface area (Å²) in [5.74, 6) is -0.214. The number of hydrogen-bond acceptors (Lipinski definition) is 7. The monoisotopic (exact) mass is 767 g/mol. The first-order valence-corrected chi connectivity index (χ1v) is 22.7. The average molecular weight is 768 g/mol. The summed E-state index contributed by atoms with van der Waals surface area (Å²) in [5.41, 5.74) is 7.97. The number of ether oxygens (including phenoxy) is 1. The Morgan fingerprint density at radius 1 is 0.942 bits per heavy atom. The number of aromatic carboxylic acids is 1. The van der Waals surface area contributed by atoms with Crippen molar-refractivity contribution in [3.63, 3.8) is 0 Å². The summed E-state index contributed by atoms with van der Waals surface area (Å²) in [6.07, 6.45) is 9.00. The van der Waals surface area contributed by atoms with E-state index >= 15 is 0 Å². The molecule has 0 amide bonds.